The fourth-order valence-corrected chi connectivity index (χ4v) is 1.89. The molecular weight excluding hydrogens is 172 g/mol. The second-order valence-electron chi connectivity index (χ2n) is 4.04. The highest BCUT2D eigenvalue weighted by Crippen LogP contribution is 2.27. The number of hydrogen-bond acceptors (Lipinski definition) is 1. The first-order chi connectivity index (χ1) is 6.88. The van der Waals surface area contributed by atoms with E-state index in [0.29, 0.717) is 0 Å². The second-order valence-corrected chi connectivity index (χ2v) is 4.04. The standard InChI is InChI=1S/C13H22O/c1-3-5-7-12(8-6-4-2)13-9-10-14-11-13/h9-12H,3-8H2,1-2H3. The first-order valence-corrected chi connectivity index (χ1v) is 5.90. The van der Waals surface area contributed by atoms with E-state index in [9.17, 15) is 0 Å². The van der Waals surface area contributed by atoms with Gasteiger partial charge in [0, 0.05) is 0 Å². The normalized spacial score (nSPS) is 11.1. The van der Waals surface area contributed by atoms with Crippen LogP contribution in [-0.4, -0.2) is 0 Å². The summed E-state index contributed by atoms with van der Waals surface area (Å²) < 4.78 is 5.16. The van der Waals surface area contributed by atoms with Crippen molar-refractivity contribution in [2.75, 3.05) is 0 Å². The van der Waals surface area contributed by atoms with E-state index >= 15 is 0 Å². The molecule has 0 N–H and O–H groups in total. The summed E-state index contributed by atoms with van der Waals surface area (Å²) >= 11 is 0. The summed E-state index contributed by atoms with van der Waals surface area (Å²) in [6, 6.07) is 2.12. The van der Waals surface area contributed by atoms with Crippen LogP contribution in [0.2, 0.25) is 0 Å². The van der Waals surface area contributed by atoms with Crippen LogP contribution in [0.3, 0.4) is 0 Å². The van der Waals surface area contributed by atoms with Gasteiger partial charge in [-0.2, -0.15) is 0 Å². The summed E-state index contributed by atoms with van der Waals surface area (Å²) in [5.41, 5.74) is 1.40. The second kappa shape index (κ2) is 6.69. The Morgan fingerprint density at radius 2 is 1.79 bits per heavy atom. The topological polar surface area (TPSA) is 13.1 Å². The quantitative estimate of drug-likeness (QED) is 0.611. The van der Waals surface area contributed by atoms with Gasteiger partial charge in [-0.1, -0.05) is 39.5 Å². The summed E-state index contributed by atoms with van der Waals surface area (Å²) in [4.78, 5) is 0. The van der Waals surface area contributed by atoms with Crippen LogP contribution in [0.5, 0.6) is 0 Å². The molecule has 0 bridgehead atoms. The maximum Gasteiger partial charge on any atom is 0.0937 e. The Labute approximate surface area is 87.5 Å². The summed E-state index contributed by atoms with van der Waals surface area (Å²) in [6.07, 6.45) is 11.6. The predicted molar refractivity (Wildman–Crippen MR) is 60.5 cm³/mol. The van der Waals surface area contributed by atoms with Gasteiger partial charge in [0.2, 0.25) is 0 Å². The van der Waals surface area contributed by atoms with Crippen LogP contribution in [0.15, 0.2) is 23.0 Å². The number of hydrogen-bond donors (Lipinski definition) is 0. The number of furan rings is 1. The molecule has 0 aromatic carbocycles. The molecule has 1 heterocycles. The Morgan fingerprint density at radius 1 is 1.14 bits per heavy atom. The third-order valence-electron chi connectivity index (χ3n) is 2.83. The highest BCUT2D eigenvalue weighted by Gasteiger charge is 2.11. The highest BCUT2D eigenvalue weighted by molar-refractivity contribution is 5.12. The first kappa shape index (κ1) is 11.4. The van der Waals surface area contributed by atoms with Crippen molar-refractivity contribution in [1.29, 1.82) is 0 Å². The first-order valence-electron chi connectivity index (χ1n) is 5.90. The minimum absolute atomic E-state index is 0.730. The van der Waals surface area contributed by atoms with Crippen molar-refractivity contribution in [3.8, 4) is 0 Å². The Kier molecular flexibility index (Phi) is 5.43. The van der Waals surface area contributed by atoms with Gasteiger partial charge in [0.1, 0.15) is 0 Å². The molecule has 0 atom stereocenters. The molecule has 0 saturated heterocycles. The SMILES string of the molecule is CCCCC(CCCC)c1ccoc1. The van der Waals surface area contributed by atoms with Crippen molar-refractivity contribution in [3.63, 3.8) is 0 Å². The lowest BCUT2D eigenvalue weighted by atomic mass is 9.91. The summed E-state index contributed by atoms with van der Waals surface area (Å²) in [6.45, 7) is 4.51. The molecule has 1 rings (SSSR count). The fraction of sp³-hybridized carbons (Fsp3) is 0.692. The molecule has 0 aliphatic heterocycles. The van der Waals surface area contributed by atoms with E-state index in [0.717, 1.165) is 5.92 Å². The number of rotatable bonds is 7. The van der Waals surface area contributed by atoms with Gasteiger partial charge in [0.25, 0.3) is 0 Å². The van der Waals surface area contributed by atoms with E-state index < -0.39 is 0 Å². The minimum Gasteiger partial charge on any atom is -0.472 e. The average Bonchev–Trinajstić information content (AvgIpc) is 2.71. The van der Waals surface area contributed by atoms with Gasteiger partial charge in [-0.25, -0.2) is 0 Å². The van der Waals surface area contributed by atoms with Gasteiger partial charge in [0.05, 0.1) is 12.5 Å². The van der Waals surface area contributed by atoms with Gasteiger partial charge in [-0.15, -0.1) is 0 Å². The molecule has 0 aliphatic carbocycles. The van der Waals surface area contributed by atoms with Crippen LogP contribution in [0, 0.1) is 0 Å². The predicted octanol–water partition coefficient (Wildman–Crippen LogP) is 4.74. The minimum atomic E-state index is 0.730. The maximum atomic E-state index is 5.16. The Hall–Kier alpha value is -0.720. The highest BCUT2D eigenvalue weighted by atomic mass is 16.3. The van der Waals surface area contributed by atoms with Crippen molar-refractivity contribution in [2.24, 2.45) is 0 Å². The molecule has 0 spiro atoms. The summed E-state index contributed by atoms with van der Waals surface area (Å²) in [7, 11) is 0. The van der Waals surface area contributed by atoms with Crippen molar-refractivity contribution in [3.05, 3.63) is 24.2 Å². The molecule has 0 fully saturated rings. The lowest BCUT2D eigenvalue weighted by Crippen LogP contribution is -1.97. The molecule has 0 unspecified atom stereocenters. The van der Waals surface area contributed by atoms with E-state index in [1.165, 1.54) is 44.1 Å². The van der Waals surface area contributed by atoms with Gasteiger partial charge < -0.3 is 4.42 Å². The molecule has 80 valence electrons. The molecular formula is C13H22O. The number of unbranched alkanes of at least 4 members (excludes halogenated alkanes) is 2. The van der Waals surface area contributed by atoms with E-state index in [-0.39, 0.29) is 0 Å². The Bertz CT molecular complexity index is 205. The summed E-state index contributed by atoms with van der Waals surface area (Å²) in [5.74, 6) is 0.730. The van der Waals surface area contributed by atoms with Crippen molar-refractivity contribution in [2.45, 2.75) is 58.3 Å². The van der Waals surface area contributed by atoms with Crippen LogP contribution in [0.4, 0.5) is 0 Å². The van der Waals surface area contributed by atoms with E-state index in [2.05, 4.69) is 19.9 Å². The smallest absolute Gasteiger partial charge is 0.0937 e. The third-order valence-corrected chi connectivity index (χ3v) is 2.83. The Balaban J connectivity index is 2.44. The van der Waals surface area contributed by atoms with Crippen LogP contribution in [0.25, 0.3) is 0 Å². The maximum absolute atomic E-state index is 5.16. The lowest BCUT2D eigenvalue weighted by Gasteiger charge is -2.13. The van der Waals surface area contributed by atoms with Gasteiger partial charge in [0.15, 0.2) is 0 Å². The molecule has 1 aromatic heterocycles. The molecule has 0 amide bonds. The zero-order chi connectivity index (χ0) is 10.2. The monoisotopic (exact) mass is 194 g/mol. The molecule has 1 nitrogen and oxygen atoms in total. The van der Waals surface area contributed by atoms with Crippen LogP contribution >= 0.6 is 0 Å². The fourth-order valence-electron chi connectivity index (χ4n) is 1.89. The van der Waals surface area contributed by atoms with Gasteiger partial charge in [-0.3, -0.25) is 0 Å². The molecule has 1 heteroatoms. The molecule has 0 radical (unpaired) electrons. The molecule has 0 saturated carbocycles. The average molecular weight is 194 g/mol. The molecule has 14 heavy (non-hydrogen) atoms. The molecule has 0 aliphatic rings. The van der Waals surface area contributed by atoms with Crippen LogP contribution in [0.1, 0.15) is 63.9 Å². The van der Waals surface area contributed by atoms with Gasteiger partial charge in [-0.05, 0) is 30.4 Å². The largest absolute Gasteiger partial charge is 0.472 e. The van der Waals surface area contributed by atoms with Crippen molar-refractivity contribution < 1.29 is 4.42 Å². The summed E-state index contributed by atoms with van der Waals surface area (Å²) in [5, 5.41) is 0. The lowest BCUT2D eigenvalue weighted by molar-refractivity contribution is 0.510. The van der Waals surface area contributed by atoms with Crippen molar-refractivity contribution >= 4 is 0 Å². The zero-order valence-electron chi connectivity index (χ0n) is 9.46. The van der Waals surface area contributed by atoms with Gasteiger partial charge >= 0.3 is 0 Å². The van der Waals surface area contributed by atoms with E-state index in [4.69, 9.17) is 4.42 Å². The zero-order valence-corrected chi connectivity index (χ0v) is 9.46. The third kappa shape index (κ3) is 3.57. The molecule has 1 aromatic rings. The van der Waals surface area contributed by atoms with Crippen LogP contribution < -0.4 is 0 Å². The Morgan fingerprint density at radius 3 is 2.21 bits per heavy atom. The van der Waals surface area contributed by atoms with Crippen LogP contribution in [-0.2, 0) is 0 Å². The van der Waals surface area contributed by atoms with Crippen molar-refractivity contribution in [1.82, 2.24) is 0 Å². The van der Waals surface area contributed by atoms with E-state index in [1.807, 2.05) is 6.26 Å². The van der Waals surface area contributed by atoms with E-state index in [1.54, 1.807) is 6.26 Å².